The molecule has 0 aromatic carbocycles. The topological polar surface area (TPSA) is 85.0 Å². The average molecular weight is 193 g/mol. The van der Waals surface area contributed by atoms with E-state index in [2.05, 4.69) is 10.2 Å². The Bertz CT molecular complexity index is 458. The summed E-state index contributed by atoms with van der Waals surface area (Å²) in [6, 6.07) is 3.28. The van der Waals surface area contributed by atoms with E-state index in [1.165, 1.54) is 6.26 Å². The fraction of sp³-hybridized carbons (Fsp3) is 0.125. The fourth-order valence-electron chi connectivity index (χ4n) is 1.23. The molecule has 0 aliphatic heterocycles. The molecule has 0 aliphatic rings. The van der Waals surface area contributed by atoms with E-state index in [1.807, 2.05) is 0 Å². The summed E-state index contributed by atoms with van der Waals surface area (Å²) in [4.78, 5) is 10.2. The van der Waals surface area contributed by atoms with E-state index >= 15 is 0 Å². The summed E-state index contributed by atoms with van der Waals surface area (Å²) in [6.07, 6.45) is 1.45. The van der Waals surface area contributed by atoms with Gasteiger partial charge in [-0.15, -0.1) is 0 Å². The average Bonchev–Trinajstić information content (AvgIpc) is 2.70. The van der Waals surface area contributed by atoms with Crippen molar-refractivity contribution in [3.05, 3.63) is 34.2 Å². The number of rotatable bonds is 2. The van der Waals surface area contributed by atoms with Gasteiger partial charge in [-0.2, -0.15) is 5.10 Å². The van der Waals surface area contributed by atoms with Crippen LogP contribution in [0, 0.1) is 17.0 Å². The van der Waals surface area contributed by atoms with Gasteiger partial charge in [0.15, 0.2) is 5.76 Å². The molecule has 2 aromatic rings. The molecule has 0 fully saturated rings. The van der Waals surface area contributed by atoms with Crippen molar-refractivity contribution in [2.45, 2.75) is 6.92 Å². The molecule has 0 saturated heterocycles. The second-order valence-electron chi connectivity index (χ2n) is 2.78. The van der Waals surface area contributed by atoms with Crippen molar-refractivity contribution in [1.29, 1.82) is 0 Å². The van der Waals surface area contributed by atoms with Gasteiger partial charge in [0.2, 0.25) is 5.69 Å². The van der Waals surface area contributed by atoms with Gasteiger partial charge in [-0.05, 0) is 19.1 Å². The molecule has 6 heteroatoms. The number of hydrogen-bond donors (Lipinski definition) is 1. The van der Waals surface area contributed by atoms with Crippen LogP contribution in [0.4, 0.5) is 5.69 Å². The Morgan fingerprint density at radius 3 is 3.00 bits per heavy atom. The van der Waals surface area contributed by atoms with Gasteiger partial charge in [-0.25, -0.2) is 0 Å². The number of nitrogens with one attached hydrogen (secondary N) is 1. The summed E-state index contributed by atoms with van der Waals surface area (Å²) < 4.78 is 5.04. The van der Waals surface area contributed by atoms with Gasteiger partial charge in [0.05, 0.1) is 11.2 Å². The van der Waals surface area contributed by atoms with Crippen molar-refractivity contribution < 1.29 is 9.34 Å². The maximum absolute atomic E-state index is 10.7. The first-order valence-electron chi connectivity index (χ1n) is 3.93. The van der Waals surface area contributed by atoms with E-state index < -0.39 is 4.92 Å². The summed E-state index contributed by atoms with van der Waals surface area (Å²) in [7, 11) is 0. The lowest BCUT2D eigenvalue weighted by Gasteiger charge is -1.90. The van der Waals surface area contributed by atoms with Crippen LogP contribution in [0.5, 0.6) is 0 Å². The normalized spacial score (nSPS) is 10.4. The fourth-order valence-corrected chi connectivity index (χ4v) is 1.23. The smallest absolute Gasteiger partial charge is 0.320 e. The van der Waals surface area contributed by atoms with Gasteiger partial charge >= 0.3 is 5.69 Å². The summed E-state index contributed by atoms with van der Waals surface area (Å²) in [6.45, 7) is 1.59. The highest BCUT2D eigenvalue weighted by Crippen LogP contribution is 2.29. The minimum atomic E-state index is -0.476. The first-order chi connectivity index (χ1) is 6.70. The van der Waals surface area contributed by atoms with E-state index in [-0.39, 0.29) is 11.4 Å². The van der Waals surface area contributed by atoms with E-state index in [1.54, 1.807) is 19.1 Å². The van der Waals surface area contributed by atoms with Crippen LogP contribution in [-0.2, 0) is 0 Å². The Balaban J connectivity index is 2.60. The van der Waals surface area contributed by atoms with Crippen molar-refractivity contribution in [2.24, 2.45) is 0 Å². The molecule has 2 heterocycles. The number of nitrogens with zero attached hydrogens (tertiary/aromatic N) is 2. The first kappa shape index (κ1) is 8.49. The highest BCUT2D eigenvalue weighted by molar-refractivity contribution is 5.66. The molecule has 0 amide bonds. The standard InChI is InChI=1S/C8H7N3O3/c1-5-8(11(12)13)7(10-9-5)6-3-2-4-14-6/h2-4H,1H3,(H,9,10). The zero-order chi connectivity index (χ0) is 10.1. The Kier molecular flexibility index (Phi) is 1.81. The van der Waals surface area contributed by atoms with Crippen LogP contribution in [0.15, 0.2) is 22.8 Å². The van der Waals surface area contributed by atoms with Crippen molar-refractivity contribution in [2.75, 3.05) is 0 Å². The zero-order valence-corrected chi connectivity index (χ0v) is 7.35. The number of nitro groups is 1. The minimum Gasteiger partial charge on any atom is -0.462 e. The molecule has 1 N–H and O–H groups in total. The second-order valence-corrected chi connectivity index (χ2v) is 2.78. The SMILES string of the molecule is Cc1[nH]nc(-c2ccco2)c1[N+](=O)[O-]. The van der Waals surface area contributed by atoms with Gasteiger partial charge in [-0.1, -0.05) is 0 Å². The van der Waals surface area contributed by atoms with E-state index in [0.717, 1.165) is 0 Å². The van der Waals surface area contributed by atoms with Gasteiger partial charge in [-0.3, -0.25) is 15.2 Å². The highest BCUT2D eigenvalue weighted by atomic mass is 16.6. The van der Waals surface area contributed by atoms with Crippen LogP contribution in [0.25, 0.3) is 11.5 Å². The summed E-state index contributed by atoms with van der Waals surface area (Å²) >= 11 is 0. The lowest BCUT2D eigenvalue weighted by atomic mass is 10.2. The van der Waals surface area contributed by atoms with Crippen molar-refractivity contribution in [1.82, 2.24) is 10.2 Å². The molecular formula is C8H7N3O3. The molecule has 0 bridgehead atoms. The maximum Gasteiger partial charge on any atom is 0.320 e. The second kappa shape index (κ2) is 2.99. The third-order valence-electron chi connectivity index (χ3n) is 1.85. The highest BCUT2D eigenvalue weighted by Gasteiger charge is 2.24. The number of aromatic nitrogens is 2. The number of aryl methyl sites for hydroxylation is 1. The molecule has 6 nitrogen and oxygen atoms in total. The van der Waals surface area contributed by atoms with Gasteiger partial charge in [0.1, 0.15) is 5.69 Å². The first-order valence-corrected chi connectivity index (χ1v) is 3.93. The molecular weight excluding hydrogens is 186 g/mol. The van der Waals surface area contributed by atoms with Crippen LogP contribution in [0.2, 0.25) is 0 Å². The zero-order valence-electron chi connectivity index (χ0n) is 7.35. The molecule has 0 aliphatic carbocycles. The van der Waals surface area contributed by atoms with Crippen molar-refractivity contribution >= 4 is 5.69 Å². The summed E-state index contributed by atoms with van der Waals surface area (Å²) in [5.74, 6) is 0.390. The number of hydrogen-bond acceptors (Lipinski definition) is 4. The summed E-state index contributed by atoms with van der Waals surface area (Å²) in [5, 5.41) is 17.1. The lowest BCUT2D eigenvalue weighted by Crippen LogP contribution is -1.90. The molecule has 2 rings (SSSR count). The largest absolute Gasteiger partial charge is 0.462 e. The Labute approximate surface area is 78.7 Å². The van der Waals surface area contributed by atoms with Crippen molar-refractivity contribution in [3.8, 4) is 11.5 Å². The van der Waals surface area contributed by atoms with Crippen LogP contribution in [-0.4, -0.2) is 15.1 Å². The number of furan rings is 1. The van der Waals surface area contributed by atoms with E-state index in [4.69, 9.17) is 4.42 Å². The maximum atomic E-state index is 10.7. The Morgan fingerprint density at radius 2 is 2.43 bits per heavy atom. The molecule has 0 atom stereocenters. The van der Waals surface area contributed by atoms with Gasteiger partial charge in [0.25, 0.3) is 0 Å². The Hall–Kier alpha value is -2.11. The third-order valence-corrected chi connectivity index (χ3v) is 1.85. The van der Waals surface area contributed by atoms with Crippen LogP contribution >= 0.6 is 0 Å². The monoisotopic (exact) mass is 193 g/mol. The molecule has 0 saturated carbocycles. The van der Waals surface area contributed by atoms with E-state index in [9.17, 15) is 10.1 Å². The van der Waals surface area contributed by atoms with Gasteiger partial charge in [0, 0.05) is 0 Å². The predicted molar refractivity (Wildman–Crippen MR) is 47.7 cm³/mol. The lowest BCUT2D eigenvalue weighted by molar-refractivity contribution is -0.384. The molecule has 2 aromatic heterocycles. The molecule has 0 radical (unpaired) electrons. The van der Waals surface area contributed by atoms with Crippen LogP contribution in [0.3, 0.4) is 0 Å². The van der Waals surface area contributed by atoms with Crippen molar-refractivity contribution in [3.63, 3.8) is 0 Å². The third kappa shape index (κ3) is 1.17. The summed E-state index contributed by atoms with van der Waals surface area (Å²) in [5.41, 5.74) is 0.610. The Morgan fingerprint density at radius 1 is 1.64 bits per heavy atom. The number of H-pyrrole nitrogens is 1. The number of aromatic amines is 1. The molecule has 0 spiro atoms. The van der Waals surface area contributed by atoms with Crippen LogP contribution < -0.4 is 0 Å². The molecule has 14 heavy (non-hydrogen) atoms. The van der Waals surface area contributed by atoms with E-state index in [0.29, 0.717) is 11.5 Å². The molecule has 0 unspecified atom stereocenters. The molecule has 72 valence electrons. The predicted octanol–water partition coefficient (Wildman–Crippen LogP) is 1.89. The quantitative estimate of drug-likeness (QED) is 0.582. The minimum absolute atomic E-state index is 0.0417. The van der Waals surface area contributed by atoms with Gasteiger partial charge < -0.3 is 4.42 Å². The van der Waals surface area contributed by atoms with Crippen LogP contribution in [0.1, 0.15) is 5.69 Å².